The van der Waals surface area contributed by atoms with Crippen molar-refractivity contribution < 1.29 is 0 Å². The van der Waals surface area contributed by atoms with E-state index in [1.807, 2.05) is 34.8 Å². The van der Waals surface area contributed by atoms with Gasteiger partial charge in [0, 0.05) is 61.9 Å². The zero-order chi connectivity index (χ0) is 38.2. The molecule has 13 rings (SSSR count). The van der Waals surface area contributed by atoms with Crippen LogP contribution in [0.15, 0.2) is 158 Å². The van der Waals surface area contributed by atoms with Crippen molar-refractivity contribution in [1.29, 1.82) is 5.26 Å². The van der Waals surface area contributed by atoms with Gasteiger partial charge in [0.1, 0.15) is 6.07 Å². The van der Waals surface area contributed by atoms with E-state index in [-0.39, 0.29) is 0 Å². The Balaban J connectivity index is 1.17. The lowest BCUT2D eigenvalue weighted by Gasteiger charge is -2.16. The molecule has 58 heavy (non-hydrogen) atoms. The van der Waals surface area contributed by atoms with Gasteiger partial charge in [-0.25, -0.2) is 4.85 Å². The summed E-state index contributed by atoms with van der Waals surface area (Å²) in [5.41, 5.74) is 6.42. The molecule has 13 aromatic rings. The zero-order valence-electron chi connectivity index (χ0n) is 30.6. The van der Waals surface area contributed by atoms with Crippen molar-refractivity contribution in [1.82, 2.24) is 9.13 Å². The van der Waals surface area contributed by atoms with Crippen LogP contribution < -0.4 is 0 Å². The van der Waals surface area contributed by atoms with Gasteiger partial charge in [-0.3, -0.25) is 0 Å². The summed E-state index contributed by atoms with van der Waals surface area (Å²) >= 11 is 3.62. The van der Waals surface area contributed by atoms with Crippen LogP contribution in [0.2, 0.25) is 0 Å². The van der Waals surface area contributed by atoms with Crippen LogP contribution in [0, 0.1) is 17.9 Å². The Morgan fingerprint density at radius 1 is 0.431 bits per heavy atom. The van der Waals surface area contributed by atoms with E-state index in [0.29, 0.717) is 22.6 Å². The van der Waals surface area contributed by atoms with Gasteiger partial charge in [0.05, 0.1) is 45.6 Å². The molecular weight excluding hydrogens is 745 g/mol. The second kappa shape index (κ2) is 11.5. The number of aromatic nitrogens is 2. The largest absolute Gasteiger partial charge is 0.319 e. The zero-order valence-corrected chi connectivity index (χ0v) is 32.2. The molecule has 0 unspecified atom stereocenters. The highest BCUT2D eigenvalue weighted by Crippen LogP contribution is 2.49. The third kappa shape index (κ3) is 4.05. The molecule has 0 aliphatic carbocycles. The quantitative estimate of drug-likeness (QED) is 0.161. The molecule has 6 heteroatoms. The first kappa shape index (κ1) is 31.7. The van der Waals surface area contributed by atoms with Crippen molar-refractivity contribution in [3.63, 3.8) is 0 Å². The molecule has 0 aliphatic heterocycles. The third-order valence-electron chi connectivity index (χ3n) is 12.1. The molecule has 0 aliphatic rings. The third-order valence-corrected chi connectivity index (χ3v) is 14.4. The van der Waals surface area contributed by atoms with Crippen LogP contribution in [0.25, 0.3) is 122 Å². The van der Waals surface area contributed by atoms with E-state index in [4.69, 9.17) is 6.57 Å². The standard InChI is InChI=1S/C52H26N4S2/c1-54-36-27-41(55-37-20-18-29-10-2-4-12-32(29)47(37)51-39(55)22-24-45-49(51)34-14-6-8-16-43(34)57-45)31(28-53)26-42(36)56-38-21-19-30-11-3-5-13-33(30)48(38)52-40(56)23-25-46-50(52)35-15-7-9-17-44(35)58-46/h2-27H. The Bertz CT molecular complexity index is 3800. The predicted octanol–water partition coefficient (Wildman–Crippen LogP) is 15.3. The molecule has 4 nitrogen and oxygen atoms in total. The summed E-state index contributed by atoms with van der Waals surface area (Å²) in [7, 11) is 0. The summed E-state index contributed by atoms with van der Waals surface area (Å²) in [5, 5.41) is 25.4. The van der Waals surface area contributed by atoms with Gasteiger partial charge in [-0.1, -0.05) is 97.1 Å². The molecule has 4 heterocycles. The molecule has 0 bridgehead atoms. The highest BCUT2D eigenvalue weighted by atomic mass is 32.1. The molecule has 0 N–H and O–H groups in total. The summed E-state index contributed by atoms with van der Waals surface area (Å²) < 4.78 is 9.39. The van der Waals surface area contributed by atoms with Crippen molar-refractivity contribution in [2.75, 3.05) is 0 Å². The van der Waals surface area contributed by atoms with Gasteiger partial charge in [0.15, 0.2) is 0 Å². The molecule has 0 spiro atoms. The molecule has 0 saturated heterocycles. The lowest BCUT2D eigenvalue weighted by molar-refractivity contribution is 1.14. The number of hydrogen-bond donors (Lipinski definition) is 0. The first-order valence-corrected chi connectivity index (χ1v) is 20.8. The van der Waals surface area contributed by atoms with Gasteiger partial charge < -0.3 is 9.13 Å². The van der Waals surface area contributed by atoms with Crippen LogP contribution in [0.3, 0.4) is 0 Å². The lowest BCUT2D eigenvalue weighted by atomic mass is 10.0. The predicted molar refractivity (Wildman–Crippen MR) is 247 cm³/mol. The van der Waals surface area contributed by atoms with Crippen molar-refractivity contribution in [3.05, 3.63) is 175 Å². The lowest BCUT2D eigenvalue weighted by Crippen LogP contribution is -2.01. The van der Waals surface area contributed by atoms with E-state index in [0.717, 1.165) is 54.4 Å². The van der Waals surface area contributed by atoms with Gasteiger partial charge >= 0.3 is 0 Å². The maximum absolute atomic E-state index is 11.2. The SMILES string of the molecule is [C-]#[N+]c1cc(-n2c3ccc4ccccc4c3c3c4c(ccc32)sc2ccccc24)c(C#N)cc1-n1c2ccc3ccccc3c2c2c3c(ccc21)sc1ccccc13. The Morgan fingerprint density at radius 3 is 1.40 bits per heavy atom. The van der Waals surface area contributed by atoms with Gasteiger partial charge in [-0.05, 0) is 82.2 Å². The molecule has 0 fully saturated rings. The second-order valence-electron chi connectivity index (χ2n) is 15.0. The molecule has 0 radical (unpaired) electrons. The van der Waals surface area contributed by atoms with E-state index in [9.17, 15) is 5.26 Å². The van der Waals surface area contributed by atoms with Gasteiger partial charge in [-0.2, -0.15) is 5.26 Å². The molecule has 0 atom stereocenters. The van der Waals surface area contributed by atoms with E-state index in [1.165, 1.54) is 51.1 Å². The van der Waals surface area contributed by atoms with Crippen LogP contribution in [0.4, 0.5) is 5.69 Å². The number of hydrogen-bond acceptors (Lipinski definition) is 3. The topological polar surface area (TPSA) is 38.0 Å². The molecule has 4 aromatic heterocycles. The van der Waals surface area contributed by atoms with E-state index in [2.05, 4.69) is 166 Å². The normalized spacial score (nSPS) is 12.1. The fourth-order valence-corrected chi connectivity index (χ4v) is 12.0. The minimum atomic E-state index is 0.481. The fraction of sp³-hybridized carbons (Fsp3) is 0. The van der Waals surface area contributed by atoms with E-state index in [1.54, 1.807) is 0 Å². The van der Waals surface area contributed by atoms with Crippen LogP contribution in [-0.2, 0) is 0 Å². The minimum Gasteiger partial charge on any atom is -0.319 e. The summed E-state index contributed by atoms with van der Waals surface area (Å²) in [6.45, 7) is 8.73. The van der Waals surface area contributed by atoms with Crippen LogP contribution >= 0.6 is 22.7 Å². The Labute approximate surface area is 338 Å². The van der Waals surface area contributed by atoms with E-state index < -0.39 is 0 Å². The summed E-state index contributed by atoms with van der Waals surface area (Å²) in [5.74, 6) is 0. The fourth-order valence-electron chi connectivity index (χ4n) is 9.80. The Kier molecular flexibility index (Phi) is 6.30. The van der Waals surface area contributed by atoms with Crippen molar-refractivity contribution in [3.8, 4) is 17.4 Å². The maximum atomic E-state index is 11.2. The van der Waals surface area contributed by atoms with Crippen LogP contribution in [-0.4, -0.2) is 9.13 Å². The molecule has 266 valence electrons. The van der Waals surface area contributed by atoms with Crippen molar-refractivity contribution >= 4 is 134 Å². The summed E-state index contributed by atoms with van der Waals surface area (Å²) in [4.78, 5) is 4.25. The number of rotatable bonds is 2. The maximum Gasteiger partial charge on any atom is 0.212 e. The molecule has 0 amide bonds. The average molecular weight is 771 g/mol. The van der Waals surface area contributed by atoms with Gasteiger partial charge in [0.2, 0.25) is 5.69 Å². The number of nitrogens with zero attached hydrogens (tertiary/aromatic N) is 4. The Hall–Kier alpha value is -7.48. The molecular formula is C52H26N4S2. The summed E-state index contributed by atoms with van der Waals surface area (Å²) in [6, 6.07) is 58.4. The van der Waals surface area contributed by atoms with Crippen molar-refractivity contribution in [2.24, 2.45) is 0 Å². The number of nitriles is 1. The average Bonchev–Trinajstić information content (AvgIpc) is 4.03. The van der Waals surface area contributed by atoms with Gasteiger partial charge in [0.25, 0.3) is 0 Å². The monoisotopic (exact) mass is 770 g/mol. The first-order valence-electron chi connectivity index (χ1n) is 19.2. The van der Waals surface area contributed by atoms with Crippen LogP contribution in [0.1, 0.15) is 5.56 Å². The number of fused-ring (bicyclic) bond motifs is 18. The van der Waals surface area contributed by atoms with Gasteiger partial charge in [-0.15, -0.1) is 22.7 Å². The highest BCUT2D eigenvalue weighted by molar-refractivity contribution is 7.26. The first-order chi connectivity index (χ1) is 28.7. The highest BCUT2D eigenvalue weighted by Gasteiger charge is 2.25. The number of thiophene rings is 2. The van der Waals surface area contributed by atoms with Crippen molar-refractivity contribution in [2.45, 2.75) is 0 Å². The Morgan fingerprint density at radius 2 is 0.879 bits per heavy atom. The van der Waals surface area contributed by atoms with E-state index >= 15 is 0 Å². The number of benzene rings is 9. The smallest absolute Gasteiger partial charge is 0.212 e. The molecule has 0 saturated carbocycles. The van der Waals surface area contributed by atoms with Crippen LogP contribution in [0.5, 0.6) is 0 Å². The second-order valence-corrected chi connectivity index (χ2v) is 17.1. The summed E-state index contributed by atoms with van der Waals surface area (Å²) in [6.07, 6.45) is 0. The molecule has 9 aromatic carbocycles. The minimum absolute atomic E-state index is 0.481.